The van der Waals surface area contributed by atoms with E-state index in [-0.39, 0.29) is 18.5 Å². The lowest BCUT2D eigenvalue weighted by atomic mass is 10.1. The fourth-order valence-electron chi connectivity index (χ4n) is 3.32. The van der Waals surface area contributed by atoms with Crippen molar-refractivity contribution in [1.82, 2.24) is 10.0 Å². The van der Waals surface area contributed by atoms with Crippen LogP contribution in [0.2, 0.25) is 0 Å². The smallest absolute Gasteiger partial charge is 0.319 e. The molecule has 0 aromatic heterocycles. The Hall–Kier alpha value is -3.29. The third kappa shape index (κ3) is 6.35. The Labute approximate surface area is 191 Å². The average Bonchev–Trinajstić information content (AvgIpc) is 3.61. The van der Waals surface area contributed by atoms with Crippen molar-refractivity contribution >= 4 is 29.6 Å². The highest BCUT2D eigenvalue weighted by Gasteiger charge is 2.23. The van der Waals surface area contributed by atoms with E-state index < -0.39 is 5.97 Å². The molecule has 0 heterocycles. The summed E-state index contributed by atoms with van der Waals surface area (Å²) in [5.74, 6) is -0.851. The number of benzene rings is 3. The molecular weight excluding hydrogens is 422 g/mol. The van der Waals surface area contributed by atoms with Gasteiger partial charge in [0.05, 0.1) is 12.5 Å². The van der Waals surface area contributed by atoms with Gasteiger partial charge in [-0.1, -0.05) is 54.6 Å². The first-order chi connectivity index (χ1) is 15.6. The van der Waals surface area contributed by atoms with Crippen LogP contribution in [0.15, 0.2) is 83.8 Å². The number of nitrogens with one attached hydrogen (secondary N) is 3. The lowest BCUT2D eigenvalue weighted by Gasteiger charge is -2.17. The number of aliphatic carboxylic acids is 1. The van der Waals surface area contributed by atoms with Crippen LogP contribution in [0.4, 0.5) is 10.5 Å². The Bertz CT molecular complexity index is 1090. The first-order valence-corrected chi connectivity index (χ1v) is 11.4. The number of hydrogen-bond donors (Lipinski definition) is 4. The molecule has 164 valence electrons. The third-order valence-corrected chi connectivity index (χ3v) is 5.99. The summed E-state index contributed by atoms with van der Waals surface area (Å²) in [7, 11) is 0. The first-order valence-electron chi connectivity index (χ1n) is 10.5. The Balaban J connectivity index is 1.44. The molecule has 32 heavy (non-hydrogen) atoms. The Morgan fingerprint density at radius 2 is 1.66 bits per heavy atom. The van der Waals surface area contributed by atoms with Crippen LogP contribution in [0.5, 0.6) is 0 Å². The summed E-state index contributed by atoms with van der Waals surface area (Å²) in [4.78, 5) is 24.3. The molecule has 3 aromatic carbocycles. The van der Waals surface area contributed by atoms with Crippen LogP contribution >= 0.6 is 11.9 Å². The predicted octanol–water partition coefficient (Wildman–Crippen LogP) is 5.45. The molecule has 0 saturated heterocycles. The van der Waals surface area contributed by atoms with Gasteiger partial charge in [-0.15, -0.1) is 0 Å². The zero-order chi connectivity index (χ0) is 22.3. The minimum absolute atomic E-state index is 0.00661. The number of carboxylic acids is 1. The molecule has 0 bridgehead atoms. The van der Waals surface area contributed by atoms with Crippen LogP contribution < -0.4 is 15.4 Å². The van der Waals surface area contributed by atoms with E-state index in [2.05, 4.69) is 15.4 Å². The largest absolute Gasteiger partial charge is 0.481 e. The van der Waals surface area contributed by atoms with Crippen molar-refractivity contribution in [3.8, 4) is 11.1 Å². The monoisotopic (exact) mass is 447 g/mol. The van der Waals surface area contributed by atoms with Crippen molar-refractivity contribution in [2.24, 2.45) is 0 Å². The van der Waals surface area contributed by atoms with Gasteiger partial charge >= 0.3 is 12.0 Å². The lowest BCUT2D eigenvalue weighted by Crippen LogP contribution is -2.30. The fraction of sp³-hybridized carbons (Fsp3) is 0.200. The summed E-state index contributed by atoms with van der Waals surface area (Å²) in [5, 5.41) is 15.1. The molecule has 1 fully saturated rings. The molecule has 1 aliphatic carbocycles. The van der Waals surface area contributed by atoms with Gasteiger partial charge in [-0.3, -0.25) is 9.52 Å². The van der Waals surface area contributed by atoms with E-state index in [1.165, 1.54) is 11.9 Å². The van der Waals surface area contributed by atoms with Gasteiger partial charge in [0.15, 0.2) is 0 Å². The maximum Gasteiger partial charge on any atom is 0.319 e. The van der Waals surface area contributed by atoms with Crippen LogP contribution in [-0.2, 0) is 4.79 Å². The molecular formula is C25H25N3O3S. The molecule has 0 spiro atoms. The van der Waals surface area contributed by atoms with Gasteiger partial charge in [0, 0.05) is 16.6 Å². The van der Waals surface area contributed by atoms with Crippen molar-refractivity contribution < 1.29 is 14.7 Å². The second-order valence-electron chi connectivity index (χ2n) is 7.76. The predicted molar refractivity (Wildman–Crippen MR) is 127 cm³/mol. The van der Waals surface area contributed by atoms with Crippen LogP contribution in [-0.4, -0.2) is 23.1 Å². The van der Waals surface area contributed by atoms with E-state index in [1.54, 1.807) is 0 Å². The van der Waals surface area contributed by atoms with Crippen molar-refractivity contribution in [2.75, 3.05) is 5.32 Å². The minimum atomic E-state index is -0.851. The summed E-state index contributed by atoms with van der Waals surface area (Å²) in [5.41, 5.74) is 3.67. The molecule has 1 aliphatic rings. The third-order valence-electron chi connectivity index (χ3n) is 5.10. The summed E-state index contributed by atoms with van der Waals surface area (Å²) in [6, 6.07) is 25.1. The molecule has 0 radical (unpaired) electrons. The molecule has 1 unspecified atom stereocenters. The van der Waals surface area contributed by atoms with Gasteiger partial charge in [0.1, 0.15) is 0 Å². The number of amides is 2. The van der Waals surface area contributed by atoms with Crippen LogP contribution in [0.1, 0.15) is 30.9 Å². The normalized spacial score (nSPS) is 13.9. The lowest BCUT2D eigenvalue weighted by molar-refractivity contribution is -0.137. The number of anilines is 1. The van der Waals surface area contributed by atoms with Crippen molar-refractivity contribution in [1.29, 1.82) is 0 Å². The molecule has 6 nitrogen and oxygen atoms in total. The second kappa shape index (κ2) is 10.3. The summed E-state index contributed by atoms with van der Waals surface area (Å²) >= 11 is 1.41. The number of carbonyl (C=O) groups is 2. The molecule has 2 amide bonds. The topological polar surface area (TPSA) is 90.5 Å². The maximum absolute atomic E-state index is 12.0. The summed E-state index contributed by atoms with van der Waals surface area (Å²) in [6.45, 7) is 0. The quantitative estimate of drug-likeness (QED) is 0.328. The molecule has 1 atom stereocenters. The van der Waals surface area contributed by atoms with Gasteiger partial charge in [-0.2, -0.15) is 0 Å². The highest BCUT2D eigenvalue weighted by molar-refractivity contribution is 7.97. The van der Waals surface area contributed by atoms with Crippen LogP contribution in [0.3, 0.4) is 0 Å². The molecule has 0 aliphatic heterocycles. The van der Waals surface area contributed by atoms with Crippen LogP contribution in [0.25, 0.3) is 11.1 Å². The Morgan fingerprint density at radius 1 is 0.938 bits per heavy atom. The van der Waals surface area contributed by atoms with Gasteiger partial charge in [-0.05, 0) is 65.7 Å². The minimum Gasteiger partial charge on any atom is -0.481 e. The molecule has 4 N–H and O–H groups in total. The van der Waals surface area contributed by atoms with Gasteiger partial charge in [0.2, 0.25) is 0 Å². The average molecular weight is 448 g/mol. The van der Waals surface area contributed by atoms with Crippen molar-refractivity contribution in [3.63, 3.8) is 0 Å². The van der Waals surface area contributed by atoms with E-state index in [0.717, 1.165) is 40.1 Å². The van der Waals surface area contributed by atoms with Gasteiger partial charge in [-0.25, -0.2) is 4.79 Å². The number of hydrogen-bond acceptors (Lipinski definition) is 4. The highest BCUT2D eigenvalue weighted by Crippen LogP contribution is 2.29. The zero-order valence-electron chi connectivity index (χ0n) is 17.5. The van der Waals surface area contributed by atoms with E-state index in [4.69, 9.17) is 0 Å². The van der Waals surface area contributed by atoms with Crippen molar-refractivity contribution in [2.45, 2.75) is 36.2 Å². The van der Waals surface area contributed by atoms with Gasteiger partial charge < -0.3 is 15.7 Å². The SMILES string of the molecule is O=C(O)CC(NSc1cccc(-c2cccc(NC(=O)NC3CC3)c2)c1)c1ccccc1. The summed E-state index contributed by atoms with van der Waals surface area (Å²) < 4.78 is 3.29. The summed E-state index contributed by atoms with van der Waals surface area (Å²) in [6.07, 6.45) is 2.08. The van der Waals surface area contributed by atoms with Crippen LogP contribution in [0, 0.1) is 0 Å². The number of carboxylic acid groups (broad SMARTS) is 1. The number of urea groups is 1. The van der Waals surface area contributed by atoms with E-state index in [0.29, 0.717) is 6.04 Å². The van der Waals surface area contributed by atoms with E-state index in [9.17, 15) is 14.7 Å². The van der Waals surface area contributed by atoms with Gasteiger partial charge in [0.25, 0.3) is 0 Å². The molecule has 4 rings (SSSR count). The highest BCUT2D eigenvalue weighted by atomic mass is 32.2. The fourth-order valence-corrected chi connectivity index (χ4v) is 4.15. The molecule has 7 heteroatoms. The molecule has 3 aromatic rings. The van der Waals surface area contributed by atoms with Crippen molar-refractivity contribution in [3.05, 3.63) is 84.4 Å². The van der Waals surface area contributed by atoms with E-state index >= 15 is 0 Å². The first kappa shape index (κ1) is 21.9. The Morgan fingerprint density at radius 3 is 2.38 bits per heavy atom. The maximum atomic E-state index is 12.0. The Kier molecular flexibility index (Phi) is 7.09. The zero-order valence-corrected chi connectivity index (χ0v) is 18.3. The second-order valence-corrected chi connectivity index (χ2v) is 8.67. The van der Waals surface area contributed by atoms with E-state index in [1.807, 2.05) is 78.9 Å². The number of rotatable bonds is 9. The number of carbonyl (C=O) groups excluding carboxylic acids is 1. The molecule has 1 saturated carbocycles. The standard InChI is InChI=1S/C25H25N3O3S/c29-24(30)16-23(17-6-2-1-3-7-17)28-32-22-11-5-9-19(15-22)18-8-4-10-21(14-18)27-25(31)26-20-12-13-20/h1-11,14-15,20,23,28H,12-13,16H2,(H,29,30)(H2,26,27,31).